The van der Waals surface area contributed by atoms with Gasteiger partial charge in [0.1, 0.15) is 0 Å². The summed E-state index contributed by atoms with van der Waals surface area (Å²) in [5, 5.41) is 5.75. The first-order valence-corrected chi connectivity index (χ1v) is 6.58. The number of amides is 2. The minimum Gasteiger partial charge on any atom is -0.379 e. The molecule has 0 radical (unpaired) electrons. The molecule has 4 N–H and O–H groups in total. The Morgan fingerprint density at radius 2 is 2.11 bits per heavy atom. The molecule has 0 aromatic heterocycles. The first-order valence-electron chi connectivity index (χ1n) is 6.58. The Labute approximate surface area is 114 Å². The molecule has 0 saturated carbocycles. The summed E-state index contributed by atoms with van der Waals surface area (Å²) in [5.74, 6) is 0. The number of urea groups is 1. The SMILES string of the molecule is C1COCCN1.CCc1ccc(C)c(NC(N)=O)c1. The van der Waals surface area contributed by atoms with Crippen molar-refractivity contribution in [3.05, 3.63) is 29.3 Å². The highest BCUT2D eigenvalue weighted by Gasteiger charge is 2.00. The molecule has 1 aromatic carbocycles. The molecule has 1 saturated heterocycles. The molecule has 0 atom stereocenters. The van der Waals surface area contributed by atoms with Gasteiger partial charge in [-0.05, 0) is 30.5 Å². The molecule has 106 valence electrons. The van der Waals surface area contributed by atoms with Crippen LogP contribution < -0.4 is 16.4 Å². The highest BCUT2D eigenvalue weighted by molar-refractivity contribution is 5.88. The van der Waals surface area contributed by atoms with Crippen molar-refractivity contribution in [2.45, 2.75) is 20.3 Å². The molecule has 0 unspecified atom stereocenters. The number of benzene rings is 1. The zero-order valence-electron chi connectivity index (χ0n) is 11.7. The van der Waals surface area contributed by atoms with Crippen LogP contribution in [0.4, 0.5) is 10.5 Å². The van der Waals surface area contributed by atoms with Crippen LogP contribution >= 0.6 is 0 Å². The molecule has 19 heavy (non-hydrogen) atoms. The number of anilines is 1. The van der Waals surface area contributed by atoms with Gasteiger partial charge in [0.15, 0.2) is 0 Å². The summed E-state index contributed by atoms with van der Waals surface area (Å²) in [5.41, 5.74) is 8.05. The second-order valence-corrected chi connectivity index (χ2v) is 4.35. The molecule has 2 rings (SSSR count). The van der Waals surface area contributed by atoms with E-state index in [0.29, 0.717) is 0 Å². The van der Waals surface area contributed by atoms with Crippen molar-refractivity contribution >= 4 is 11.7 Å². The lowest BCUT2D eigenvalue weighted by molar-refractivity contribution is 0.109. The molecular weight excluding hydrogens is 242 g/mol. The number of hydrogen-bond acceptors (Lipinski definition) is 3. The van der Waals surface area contributed by atoms with Crippen molar-refractivity contribution in [2.75, 3.05) is 31.6 Å². The number of carbonyl (C=O) groups is 1. The van der Waals surface area contributed by atoms with Gasteiger partial charge in [0, 0.05) is 18.8 Å². The lowest BCUT2D eigenvalue weighted by atomic mass is 10.1. The fourth-order valence-electron chi connectivity index (χ4n) is 1.67. The van der Waals surface area contributed by atoms with Crippen LogP contribution in [0.25, 0.3) is 0 Å². The predicted molar refractivity (Wildman–Crippen MR) is 77.5 cm³/mol. The van der Waals surface area contributed by atoms with Gasteiger partial charge in [-0.3, -0.25) is 0 Å². The molecule has 2 amide bonds. The Kier molecular flexibility index (Phi) is 6.92. The molecule has 1 aliphatic heterocycles. The predicted octanol–water partition coefficient (Wildman–Crippen LogP) is 1.65. The third-order valence-corrected chi connectivity index (χ3v) is 2.81. The summed E-state index contributed by atoms with van der Waals surface area (Å²) in [4.78, 5) is 10.6. The number of ether oxygens (including phenoxy) is 1. The molecule has 0 aliphatic carbocycles. The standard InChI is InChI=1S/C10H14N2O.C4H9NO/c1-3-8-5-4-7(2)9(6-8)12-10(11)13;1-3-6-4-2-5-1/h4-6H,3H2,1-2H3,(H3,11,12,13);5H,1-4H2. The fourth-order valence-corrected chi connectivity index (χ4v) is 1.67. The van der Waals surface area contributed by atoms with E-state index in [2.05, 4.69) is 17.6 Å². The number of morpholine rings is 1. The lowest BCUT2D eigenvalue weighted by Gasteiger charge is -2.10. The van der Waals surface area contributed by atoms with E-state index in [9.17, 15) is 4.79 Å². The third-order valence-electron chi connectivity index (χ3n) is 2.81. The number of nitrogens with one attached hydrogen (secondary N) is 2. The highest BCUT2D eigenvalue weighted by atomic mass is 16.5. The van der Waals surface area contributed by atoms with Gasteiger partial charge in [-0.15, -0.1) is 0 Å². The van der Waals surface area contributed by atoms with E-state index >= 15 is 0 Å². The number of rotatable bonds is 2. The second-order valence-electron chi connectivity index (χ2n) is 4.35. The van der Waals surface area contributed by atoms with Crippen LogP contribution in [-0.4, -0.2) is 32.3 Å². The Morgan fingerprint density at radius 1 is 1.42 bits per heavy atom. The monoisotopic (exact) mass is 265 g/mol. The average molecular weight is 265 g/mol. The van der Waals surface area contributed by atoms with Crippen molar-refractivity contribution in [3.8, 4) is 0 Å². The first-order chi connectivity index (χ1) is 9.13. The summed E-state index contributed by atoms with van der Waals surface area (Å²) in [7, 11) is 0. The maximum absolute atomic E-state index is 10.6. The van der Waals surface area contributed by atoms with E-state index in [1.807, 2.05) is 25.1 Å². The third kappa shape index (κ3) is 6.22. The number of carbonyl (C=O) groups excluding carboxylic acids is 1. The summed E-state index contributed by atoms with van der Waals surface area (Å²) >= 11 is 0. The van der Waals surface area contributed by atoms with E-state index in [0.717, 1.165) is 44.0 Å². The van der Waals surface area contributed by atoms with Crippen molar-refractivity contribution < 1.29 is 9.53 Å². The van der Waals surface area contributed by atoms with Gasteiger partial charge in [0.2, 0.25) is 0 Å². The molecule has 0 bridgehead atoms. The highest BCUT2D eigenvalue weighted by Crippen LogP contribution is 2.16. The van der Waals surface area contributed by atoms with E-state index in [1.165, 1.54) is 5.56 Å². The zero-order chi connectivity index (χ0) is 14.1. The minimum absolute atomic E-state index is 0.517. The van der Waals surface area contributed by atoms with E-state index < -0.39 is 6.03 Å². The van der Waals surface area contributed by atoms with Crippen LogP contribution in [-0.2, 0) is 11.2 Å². The van der Waals surface area contributed by atoms with Gasteiger partial charge < -0.3 is 21.1 Å². The lowest BCUT2D eigenvalue weighted by Crippen LogP contribution is -2.30. The quantitative estimate of drug-likeness (QED) is 0.761. The Hall–Kier alpha value is -1.59. The van der Waals surface area contributed by atoms with Crippen LogP contribution in [0.1, 0.15) is 18.1 Å². The van der Waals surface area contributed by atoms with Crippen molar-refractivity contribution in [1.29, 1.82) is 0 Å². The van der Waals surface area contributed by atoms with Gasteiger partial charge in [0.05, 0.1) is 13.2 Å². The average Bonchev–Trinajstić information content (AvgIpc) is 2.43. The Morgan fingerprint density at radius 3 is 2.53 bits per heavy atom. The number of primary amides is 1. The smallest absolute Gasteiger partial charge is 0.316 e. The van der Waals surface area contributed by atoms with Gasteiger partial charge >= 0.3 is 6.03 Å². The molecule has 1 aromatic rings. The van der Waals surface area contributed by atoms with Crippen LogP contribution in [0.5, 0.6) is 0 Å². The zero-order valence-corrected chi connectivity index (χ0v) is 11.7. The van der Waals surface area contributed by atoms with Crippen molar-refractivity contribution in [3.63, 3.8) is 0 Å². The maximum atomic E-state index is 10.6. The first kappa shape index (κ1) is 15.5. The Balaban J connectivity index is 0.000000250. The van der Waals surface area contributed by atoms with Crippen LogP contribution in [0.2, 0.25) is 0 Å². The number of hydrogen-bond donors (Lipinski definition) is 3. The minimum atomic E-state index is -0.517. The van der Waals surface area contributed by atoms with Crippen molar-refractivity contribution in [1.82, 2.24) is 5.32 Å². The summed E-state index contributed by atoms with van der Waals surface area (Å²) < 4.78 is 5.01. The van der Waals surface area contributed by atoms with Crippen LogP contribution in [0.15, 0.2) is 18.2 Å². The molecule has 1 fully saturated rings. The van der Waals surface area contributed by atoms with Gasteiger partial charge in [-0.25, -0.2) is 4.79 Å². The van der Waals surface area contributed by atoms with Gasteiger partial charge in [-0.1, -0.05) is 19.1 Å². The van der Waals surface area contributed by atoms with Gasteiger partial charge in [-0.2, -0.15) is 0 Å². The summed E-state index contributed by atoms with van der Waals surface area (Å²) in [6, 6.07) is 5.45. The second kappa shape index (κ2) is 8.50. The molecule has 1 heterocycles. The molecular formula is C14H23N3O2. The number of nitrogens with two attached hydrogens (primary N) is 1. The molecule has 5 nitrogen and oxygen atoms in total. The van der Waals surface area contributed by atoms with Crippen LogP contribution in [0.3, 0.4) is 0 Å². The molecule has 0 spiro atoms. The molecule has 1 aliphatic rings. The summed E-state index contributed by atoms with van der Waals surface area (Å²) in [6.45, 7) is 7.84. The molecule has 5 heteroatoms. The van der Waals surface area contributed by atoms with Crippen LogP contribution in [0, 0.1) is 6.92 Å². The largest absolute Gasteiger partial charge is 0.379 e. The topological polar surface area (TPSA) is 76.4 Å². The fraction of sp³-hybridized carbons (Fsp3) is 0.500. The Bertz CT molecular complexity index is 392. The summed E-state index contributed by atoms with van der Waals surface area (Å²) in [6.07, 6.45) is 0.952. The normalized spacial score (nSPS) is 14.2. The van der Waals surface area contributed by atoms with Gasteiger partial charge in [0.25, 0.3) is 0 Å². The van der Waals surface area contributed by atoms with E-state index in [4.69, 9.17) is 10.5 Å². The van der Waals surface area contributed by atoms with E-state index in [-0.39, 0.29) is 0 Å². The maximum Gasteiger partial charge on any atom is 0.316 e. The van der Waals surface area contributed by atoms with Crippen molar-refractivity contribution in [2.24, 2.45) is 5.73 Å². The van der Waals surface area contributed by atoms with E-state index in [1.54, 1.807) is 0 Å². The number of aryl methyl sites for hydroxylation is 2.